The number of hydrogen-bond donors (Lipinski definition) is 2. The number of aryl methyl sites for hydroxylation is 1. The van der Waals surface area contributed by atoms with Crippen LogP contribution < -0.4 is 11.1 Å². The molecule has 1 unspecified atom stereocenters. The number of nitrogens with two attached hydrogens (primary N) is 1. The molecule has 0 heterocycles. The molecule has 1 aromatic carbocycles. The van der Waals surface area contributed by atoms with Crippen molar-refractivity contribution in [2.45, 2.75) is 25.3 Å². The number of nitrogens with one attached hydrogen (secondary N) is 1. The van der Waals surface area contributed by atoms with Gasteiger partial charge in [0.1, 0.15) is 0 Å². The number of hydrogen-bond acceptors (Lipinski definition) is 3. The summed E-state index contributed by atoms with van der Waals surface area (Å²) in [6.45, 7) is 0.465. The Morgan fingerprint density at radius 1 is 1.59 bits per heavy atom. The maximum atomic E-state index is 11.6. The predicted octanol–water partition coefficient (Wildman–Crippen LogP) is 1.41. The van der Waals surface area contributed by atoms with Gasteiger partial charge in [-0.15, -0.1) is 0 Å². The second kappa shape index (κ2) is 5.19. The van der Waals surface area contributed by atoms with Crippen LogP contribution in [-0.2, 0) is 16.0 Å². The van der Waals surface area contributed by atoms with E-state index in [2.05, 4.69) is 5.32 Å². The number of benzene rings is 1. The number of amides is 1. The van der Waals surface area contributed by atoms with E-state index in [9.17, 15) is 4.79 Å². The highest BCUT2D eigenvalue weighted by Gasteiger charge is 2.23. The first-order chi connectivity index (χ1) is 8.20. The van der Waals surface area contributed by atoms with Crippen molar-refractivity contribution in [3.63, 3.8) is 0 Å². The van der Waals surface area contributed by atoms with Gasteiger partial charge in [0, 0.05) is 19.2 Å². The first-order valence-electron chi connectivity index (χ1n) is 5.87. The van der Waals surface area contributed by atoms with Gasteiger partial charge in [0.25, 0.3) is 0 Å². The smallest absolute Gasteiger partial charge is 0.222 e. The summed E-state index contributed by atoms with van der Waals surface area (Å²) in [6.07, 6.45) is 2.35. The number of ether oxygens (including phenoxy) is 1. The van der Waals surface area contributed by atoms with Crippen LogP contribution in [-0.4, -0.2) is 19.6 Å². The first-order valence-corrected chi connectivity index (χ1v) is 5.87. The summed E-state index contributed by atoms with van der Waals surface area (Å²) in [5, 5.41) is 3.03. The Labute approximate surface area is 101 Å². The number of anilines is 1. The topological polar surface area (TPSA) is 64.3 Å². The summed E-state index contributed by atoms with van der Waals surface area (Å²) < 4.78 is 4.88. The largest absolute Gasteiger partial charge is 0.399 e. The van der Waals surface area contributed by atoms with E-state index in [1.54, 1.807) is 7.11 Å². The fourth-order valence-electron chi connectivity index (χ4n) is 2.25. The fraction of sp³-hybridized carbons (Fsp3) is 0.462. The molecule has 0 saturated heterocycles. The molecule has 0 bridgehead atoms. The van der Waals surface area contributed by atoms with Crippen molar-refractivity contribution < 1.29 is 9.53 Å². The van der Waals surface area contributed by atoms with Gasteiger partial charge in [-0.2, -0.15) is 0 Å². The zero-order valence-corrected chi connectivity index (χ0v) is 10.0. The fourth-order valence-corrected chi connectivity index (χ4v) is 2.25. The molecule has 1 aliphatic carbocycles. The van der Waals surface area contributed by atoms with Gasteiger partial charge >= 0.3 is 0 Å². The van der Waals surface area contributed by atoms with Gasteiger partial charge in [-0.25, -0.2) is 0 Å². The van der Waals surface area contributed by atoms with Gasteiger partial charge in [-0.05, 0) is 36.1 Å². The van der Waals surface area contributed by atoms with Crippen molar-refractivity contribution in [2.24, 2.45) is 0 Å². The van der Waals surface area contributed by atoms with Crippen LogP contribution in [0.15, 0.2) is 18.2 Å². The molecule has 1 amide bonds. The quantitative estimate of drug-likeness (QED) is 0.774. The SMILES string of the molecule is COCCC(=O)NC1CCc2cc(N)ccc21. The summed E-state index contributed by atoms with van der Waals surface area (Å²) in [4.78, 5) is 11.6. The zero-order chi connectivity index (χ0) is 12.3. The van der Waals surface area contributed by atoms with Crippen molar-refractivity contribution in [3.05, 3.63) is 29.3 Å². The molecule has 92 valence electrons. The maximum Gasteiger partial charge on any atom is 0.222 e. The van der Waals surface area contributed by atoms with Crippen LogP contribution >= 0.6 is 0 Å². The standard InChI is InChI=1S/C13H18N2O2/c1-17-7-6-13(16)15-12-5-2-9-8-10(14)3-4-11(9)12/h3-4,8,12H,2,5-7,14H2,1H3,(H,15,16). The van der Waals surface area contributed by atoms with Crippen molar-refractivity contribution in [3.8, 4) is 0 Å². The Hall–Kier alpha value is -1.55. The van der Waals surface area contributed by atoms with Crippen LogP contribution in [0.4, 0.5) is 5.69 Å². The Kier molecular flexibility index (Phi) is 3.64. The Morgan fingerprint density at radius 2 is 2.41 bits per heavy atom. The molecule has 1 aromatic rings. The molecule has 0 radical (unpaired) electrons. The molecule has 17 heavy (non-hydrogen) atoms. The van der Waals surface area contributed by atoms with E-state index in [0.29, 0.717) is 13.0 Å². The van der Waals surface area contributed by atoms with Gasteiger partial charge in [0.2, 0.25) is 5.91 Å². The molecule has 3 N–H and O–H groups in total. The lowest BCUT2D eigenvalue weighted by Crippen LogP contribution is -2.27. The predicted molar refractivity (Wildman–Crippen MR) is 66.6 cm³/mol. The van der Waals surface area contributed by atoms with Crippen molar-refractivity contribution in [2.75, 3.05) is 19.5 Å². The highest BCUT2D eigenvalue weighted by molar-refractivity contribution is 5.76. The molecule has 4 heteroatoms. The second-order valence-corrected chi connectivity index (χ2v) is 4.36. The Balaban J connectivity index is 2.00. The van der Waals surface area contributed by atoms with E-state index >= 15 is 0 Å². The Morgan fingerprint density at radius 3 is 3.18 bits per heavy atom. The average Bonchev–Trinajstić information content (AvgIpc) is 2.69. The normalized spacial score (nSPS) is 17.8. The minimum atomic E-state index is 0.0431. The third-order valence-electron chi connectivity index (χ3n) is 3.11. The van der Waals surface area contributed by atoms with E-state index in [-0.39, 0.29) is 11.9 Å². The van der Waals surface area contributed by atoms with Gasteiger partial charge in [0.05, 0.1) is 12.6 Å². The number of carbonyl (C=O) groups excluding carboxylic acids is 1. The van der Waals surface area contributed by atoms with Gasteiger partial charge in [-0.1, -0.05) is 6.07 Å². The lowest BCUT2D eigenvalue weighted by Gasteiger charge is -2.14. The molecule has 0 aliphatic heterocycles. The van der Waals surface area contributed by atoms with Crippen LogP contribution in [0.25, 0.3) is 0 Å². The monoisotopic (exact) mass is 234 g/mol. The minimum absolute atomic E-state index is 0.0431. The molecular weight excluding hydrogens is 216 g/mol. The van der Waals surface area contributed by atoms with E-state index in [0.717, 1.165) is 18.5 Å². The summed E-state index contributed by atoms with van der Waals surface area (Å²) in [5.74, 6) is 0.0431. The number of nitrogen functional groups attached to an aromatic ring is 1. The van der Waals surface area contributed by atoms with Crippen molar-refractivity contribution in [1.82, 2.24) is 5.32 Å². The molecule has 0 aromatic heterocycles. The van der Waals surface area contributed by atoms with Gasteiger partial charge in [-0.3, -0.25) is 4.79 Å². The lowest BCUT2D eigenvalue weighted by molar-refractivity contribution is -0.122. The molecule has 0 saturated carbocycles. The average molecular weight is 234 g/mol. The number of carbonyl (C=O) groups is 1. The molecule has 2 rings (SSSR count). The third kappa shape index (κ3) is 2.77. The number of rotatable bonds is 4. The van der Waals surface area contributed by atoms with Crippen LogP contribution in [0.5, 0.6) is 0 Å². The van der Waals surface area contributed by atoms with Crippen molar-refractivity contribution in [1.29, 1.82) is 0 Å². The summed E-state index contributed by atoms with van der Waals surface area (Å²) in [5.41, 5.74) is 8.98. The van der Waals surface area contributed by atoms with E-state index in [1.165, 1.54) is 11.1 Å². The summed E-state index contributed by atoms with van der Waals surface area (Å²) >= 11 is 0. The third-order valence-corrected chi connectivity index (χ3v) is 3.11. The van der Waals surface area contributed by atoms with Crippen LogP contribution in [0.1, 0.15) is 30.0 Å². The molecule has 4 nitrogen and oxygen atoms in total. The first kappa shape index (κ1) is 11.9. The van der Waals surface area contributed by atoms with Crippen molar-refractivity contribution >= 4 is 11.6 Å². The van der Waals surface area contributed by atoms with Crippen LogP contribution in [0.2, 0.25) is 0 Å². The summed E-state index contributed by atoms with van der Waals surface area (Å²) in [6, 6.07) is 6.03. The van der Waals surface area contributed by atoms with Gasteiger partial charge < -0.3 is 15.8 Å². The molecule has 1 atom stereocenters. The Bertz CT molecular complexity index is 418. The van der Waals surface area contributed by atoms with E-state index in [4.69, 9.17) is 10.5 Å². The number of fused-ring (bicyclic) bond motifs is 1. The van der Waals surface area contributed by atoms with Crippen LogP contribution in [0, 0.1) is 0 Å². The molecule has 0 fully saturated rings. The molecular formula is C13H18N2O2. The summed E-state index contributed by atoms with van der Waals surface area (Å²) in [7, 11) is 1.60. The van der Waals surface area contributed by atoms with Gasteiger partial charge in [0.15, 0.2) is 0 Å². The van der Waals surface area contributed by atoms with E-state index in [1.807, 2.05) is 18.2 Å². The van der Waals surface area contributed by atoms with Crippen LogP contribution in [0.3, 0.4) is 0 Å². The molecule has 0 spiro atoms. The maximum absolute atomic E-state index is 11.6. The van der Waals surface area contributed by atoms with E-state index < -0.39 is 0 Å². The highest BCUT2D eigenvalue weighted by atomic mass is 16.5. The number of methoxy groups -OCH3 is 1. The second-order valence-electron chi connectivity index (χ2n) is 4.36. The minimum Gasteiger partial charge on any atom is -0.399 e. The molecule has 1 aliphatic rings. The lowest BCUT2D eigenvalue weighted by atomic mass is 10.1. The zero-order valence-electron chi connectivity index (χ0n) is 10.0. The highest BCUT2D eigenvalue weighted by Crippen LogP contribution is 2.32.